The van der Waals surface area contributed by atoms with Crippen LogP contribution in [0.1, 0.15) is 35.8 Å². The molecule has 2 aromatic rings. The second-order valence-corrected chi connectivity index (χ2v) is 4.23. The lowest BCUT2D eigenvalue weighted by atomic mass is 10.0. The number of hydrogen-bond acceptors (Lipinski definition) is 3. The van der Waals surface area contributed by atoms with Crippen LogP contribution in [-0.2, 0) is 0 Å². The molecule has 4 heteroatoms. The number of carboxylic acids is 1. The highest BCUT2D eigenvalue weighted by Crippen LogP contribution is 2.21. The summed E-state index contributed by atoms with van der Waals surface area (Å²) in [6, 6.07) is 9.38. The molecule has 0 spiro atoms. The van der Waals surface area contributed by atoms with Crippen molar-refractivity contribution < 1.29 is 9.90 Å². The average molecular weight is 229 g/mol. The van der Waals surface area contributed by atoms with E-state index in [-0.39, 0.29) is 5.69 Å². The maximum absolute atomic E-state index is 10.6. The third-order valence-corrected chi connectivity index (χ3v) is 2.67. The van der Waals surface area contributed by atoms with Crippen molar-refractivity contribution in [2.45, 2.75) is 19.8 Å². The van der Waals surface area contributed by atoms with E-state index < -0.39 is 5.97 Å². The molecule has 4 nitrogen and oxygen atoms in total. The van der Waals surface area contributed by atoms with E-state index in [1.165, 1.54) is 11.6 Å². The lowest BCUT2D eigenvalue weighted by Crippen LogP contribution is -2.22. The number of carbonyl (C=O) groups is 1. The minimum absolute atomic E-state index is 0.00654. The molecule has 0 aliphatic rings. The molecule has 1 N–H and O–H groups in total. The summed E-state index contributed by atoms with van der Waals surface area (Å²) in [4.78, 5) is 10.6. The highest BCUT2D eigenvalue weighted by Gasteiger charge is 2.05. The third kappa shape index (κ3) is 2.36. The van der Waals surface area contributed by atoms with Gasteiger partial charge in [-0.15, -0.1) is 0 Å². The molecule has 0 saturated carbocycles. The second-order valence-electron chi connectivity index (χ2n) is 4.23. The second kappa shape index (κ2) is 4.41. The van der Waals surface area contributed by atoms with Gasteiger partial charge in [0.2, 0.25) is 0 Å². The van der Waals surface area contributed by atoms with Crippen LogP contribution in [0.15, 0.2) is 30.3 Å². The van der Waals surface area contributed by atoms with E-state index in [1.54, 1.807) is 0 Å². The molecule has 0 aliphatic heterocycles. The normalized spacial score (nSPS) is 10.8. The lowest BCUT2D eigenvalue weighted by molar-refractivity contribution is -0.255. The number of H-pyrrole nitrogens is 1. The Balaban J connectivity index is 2.30. The van der Waals surface area contributed by atoms with Crippen molar-refractivity contribution in [2.75, 3.05) is 0 Å². The van der Waals surface area contributed by atoms with Crippen LogP contribution in [0.5, 0.6) is 0 Å². The van der Waals surface area contributed by atoms with Gasteiger partial charge in [0.25, 0.3) is 0 Å². The number of carbonyl (C=O) groups excluding carboxylic acids is 1. The van der Waals surface area contributed by atoms with Gasteiger partial charge in [-0.2, -0.15) is 5.10 Å². The van der Waals surface area contributed by atoms with Gasteiger partial charge < -0.3 is 9.90 Å². The summed E-state index contributed by atoms with van der Waals surface area (Å²) < 4.78 is 0. The van der Waals surface area contributed by atoms with Gasteiger partial charge in [0.1, 0.15) is 0 Å². The average Bonchev–Trinajstić information content (AvgIpc) is 2.78. The molecule has 0 fully saturated rings. The van der Waals surface area contributed by atoms with Gasteiger partial charge in [-0.3, -0.25) is 5.10 Å². The molecule has 17 heavy (non-hydrogen) atoms. The minimum Gasteiger partial charge on any atom is -0.543 e. The van der Waals surface area contributed by atoms with Gasteiger partial charge in [-0.05, 0) is 17.5 Å². The van der Waals surface area contributed by atoms with Crippen molar-refractivity contribution in [2.24, 2.45) is 0 Å². The summed E-state index contributed by atoms with van der Waals surface area (Å²) in [6.07, 6.45) is 0. The number of aromatic amines is 1. The summed E-state index contributed by atoms with van der Waals surface area (Å²) >= 11 is 0. The fraction of sp³-hybridized carbons (Fsp3) is 0.231. The molecule has 0 bridgehead atoms. The molecular weight excluding hydrogens is 216 g/mol. The number of hydrogen-bond donors (Lipinski definition) is 1. The Bertz CT molecular complexity index is 527. The van der Waals surface area contributed by atoms with Crippen LogP contribution in [0.25, 0.3) is 11.3 Å². The van der Waals surface area contributed by atoms with E-state index in [2.05, 4.69) is 24.0 Å². The number of nitrogens with zero attached hydrogens (tertiary/aromatic N) is 1. The number of aromatic carboxylic acids is 1. The van der Waals surface area contributed by atoms with Crippen LogP contribution in [0.3, 0.4) is 0 Å². The number of nitrogens with one attached hydrogen (secondary N) is 1. The molecule has 1 aromatic heterocycles. The van der Waals surface area contributed by atoms with Crippen LogP contribution in [-0.4, -0.2) is 16.2 Å². The third-order valence-electron chi connectivity index (χ3n) is 2.67. The molecule has 0 radical (unpaired) electrons. The van der Waals surface area contributed by atoms with Gasteiger partial charge in [0, 0.05) is 5.56 Å². The first-order valence-corrected chi connectivity index (χ1v) is 5.45. The SMILES string of the molecule is CC(C)c1ccc(-c2cc(C(=O)[O-])[nH]n2)cc1. The van der Waals surface area contributed by atoms with Crippen molar-refractivity contribution in [3.8, 4) is 11.3 Å². The Morgan fingerprint density at radius 1 is 1.29 bits per heavy atom. The van der Waals surface area contributed by atoms with E-state index in [9.17, 15) is 9.90 Å². The largest absolute Gasteiger partial charge is 0.543 e. The van der Waals surface area contributed by atoms with E-state index in [0.29, 0.717) is 11.6 Å². The smallest absolute Gasteiger partial charge is 0.0927 e. The molecule has 0 amide bonds. The highest BCUT2D eigenvalue weighted by atomic mass is 16.4. The van der Waals surface area contributed by atoms with Crippen molar-refractivity contribution >= 4 is 5.97 Å². The zero-order valence-electron chi connectivity index (χ0n) is 9.73. The van der Waals surface area contributed by atoms with Gasteiger partial charge in [0.15, 0.2) is 0 Å². The van der Waals surface area contributed by atoms with Gasteiger partial charge in [0.05, 0.1) is 17.4 Å². The maximum atomic E-state index is 10.6. The topological polar surface area (TPSA) is 68.8 Å². The molecule has 0 aliphatic carbocycles. The number of benzene rings is 1. The Kier molecular flexibility index (Phi) is 2.95. The maximum Gasteiger partial charge on any atom is 0.0927 e. The van der Waals surface area contributed by atoms with E-state index in [0.717, 1.165) is 5.56 Å². The molecule has 1 aromatic carbocycles. The van der Waals surface area contributed by atoms with Gasteiger partial charge in [-0.1, -0.05) is 38.1 Å². The van der Waals surface area contributed by atoms with E-state index >= 15 is 0 Å². The quantitative estimate of drug-likeness (QED) is 0.868. The standard InChI is InChI=1S/C13H14N2O2/c1-8(2)9-3-5-10(6-4-9)11-7-12(13(16)17)15-14-11/h3-8H,1-2H3,(H,14,15)(H,16,17)/p-1. The van der Waals surface area contributed by atoms with Crippen LogP contribution in [0.2, 0.25) is 0 Å². The predicted molar refractivity (Wildman–Crippen MR) is 62.4 cm³/mol. The van der Waals surface area contributed by atoms with Crippen molar-refractivity contribution in [1.29, 1.82) is 0 Å². The fourth-order valence-corrected chi connectivity index (χ4v) is 1.61. The molecule has 2 rings (SSSR count). The van der Waals surface area contributed by atoms with Gasteiger partial charge in [-0.25, -0.2) is 0 Å². The van der Waals surface area contributed by atoms with Crippen molar-refractivity contribution in [3.05, 3.63) is 41.6 Å². The number of carboxylic acid groups (broad SMARTS) is 1. The first-order chi connectivity index (χ1) is 8.08. The highest BCUT2D eigenvalue weighted by molar-refractivity contribution is 5.85. The van der Waals surface area contributed by atoms with Crippen LogP contribution < -0.4 is 5.11 Å². The summed E-state index contributed by atoms with van der Waals surface area (Å²) in [5, 5.41) is 17.0. The molecule has 1 heterocycles. The Labute approximate surface area is 99.3 Å². The molecule has 88 valence electrons. The Hall–Kier alpha value is -2.10. The van der Waals surface area contributed by atoms with E-state index in [4.69, 9.17) is 0 Å². The Morgan fingerprint density at radius 2 is 1.94 bits per heavy atom. The number of aromatic nitrogens is 2. The first kappa shape index (κ1) is 11.4. The van der Waals surface area contributed by atoms with Crippen LogP contribution >= 0.6 is 0 Å². The summed E-state index contributed by atoms with van der Waals surface area (Å²) in [5.74, 6) is -0.774. The molecule has 0 atom stereocenters. The lowest BCUT2D eigenvalue weighted by Gasteiger charge is -2.05. The van der Waals surface area contributed by atoms with Crippen molar-refractivity contribution in [1.82, 2.24) is 10.2 Å². The fourth-order valence-electron chi connectivity index (χ4n) is 1.61. The van der Waals surface area contributed by atoms with Crippen LogP contribution in [0.4, 0.5) is 0 Å². The molecule has 0 unspecified atom stereocenters. The summed E-state index contributed by atoms with van der Waals surface area (Å²) in [6.45, 7) is 4.25. The zero-order valence-corrected chi connectivity index (χ0v) is 9.73. The zero-order chi connectivity index (χ0) is 12.4. The van der Waals surface area contributed by atoms with E-state index in [1.807, 2.05) is 24.3 Å². The molecular formula is C13H13N2O2-. The number of rotatable bonds is 3. The Morgan fingerprint density at radius 3 is 2.41 bits per heavy atom. The minimum atomic E-state index is -1.25. The summed E-state index contributed by atoms with van der Waals surface area (Å²) in [5.41, 5.74) is 2.73. The monoisotopic (exact) mass is 229 g/mol. The van der Waals surface area contributed by atoms with Crippen LogP contribution in [0, 0.1) is 0 Å². The predicted octanol–water partition coefficient (Wildman–Crippen LogP) is 1.56. The van der Waals surface area contributed by atoms with Crippen molar-refractivity contribution in [3.63, 3.8) is 0 Å². The van der Waals surface area contributed by atoms with Gasteiger partial charge >= 0.3 is 0 Å². The molecule has 0 saturated heterocycles. The summed E-state index contributed by atoms with van der Waals surface area (Å²) in [7, 11) is 0. The first-order valence-electron chi connectivity index (χ1n) is 5.45.